The molecule has 1 aromatic heterocycles. The fraction of sp³-hybridized carbons (Fsp3) is 0.0500. The normalized spacial score (nSPS) is 14.0. The SMILES string of the molecule is NS(=O)(=O)c1ccc(NN=C2C(=O)Nc3ccc(OC(=O)NCc4ccco4)cc32)cc1. The van der Waals surface area contributed by atoms with Gasteiger partial charge < -0.3 is 19.8 Å². The molecule has 3 aromatic rings. The molecule has 0 atom stereocenters. The smallest absolute Gasteiger partial charge is 0.412 e. The molecule has 11 nitrogen and oxygen atoms in total. The molecule has 12 heteroatoms. The lowest BCUT2D eigenvalue weighted by Gasteiger charge is -2.07. The van der Waals surface area contributed by atoms with Crippen LogP contribution in [0, 0.1) is 0 Å². The number of anilines is 2. The Morgan fingerprint density at radius 1 is 1.16 bits per heavy atom. The summed E-state index contributed by atoms with van der Waals surface area (Å²) < 4.78 is 33.1. The van der Waals surface area contributed by atoms with Crippen molar-refractivity contribution in [1.82, 2.24) is 5.32 Å². The van der Waals surface area contributed by atoms with Crippen molar-refractivity contribution < 1.29 is 27.2 Å². The Morgan fingerprint density at radius 2 is 1.94 bits per heavy atom. The molecule has 0 spiro atoms. The maximum absolute atomic E-state index is 12.3. The molecule has 4 rings (SSSR count). The van der Waals surface area contributed by atoms with Crippen LogP contribution in [0.1, 0.15) is 11.3 Å². The van der Waals surface area contributed by atoms with Crippen molar-refractivity contribution in [1.29, 1.82) is 0 Å². The minimum atomic E-state index is -3.81. The molecule has 0 aliphatic carbocycles. The second-order valence-electron chi connectivity index (χ2n) is 6.63. The van der Waals surface area contributed by atoms with Gasteiger partial charge in [-0.3, -0.25) is 10.2 Å². The highest BCUT2D eigenvalue weighted by atomic mass is 32.2. The lowest BCUT2D eigenvalue weighted by molar-refractivity contribution is -0.110. The summed E-state index contributed by atoms with van der Waals surface area (Å²) in [5, 5.41) is 14.4. The molecule has 5 N–H and O–H groups in total. The number of benzene rings is 2. The van der Waals surface area contributed by atoms with Crippen LogP contribution in [-0.4, -0.2) is 26.1 Å². The minimum Gasteiger partial charge on any atom is -0.467 e. The number of hydrogen-bond donors (Lipinski definition) is 4. The number of carbonyl (C=O) groups excluding carboxylic acids is 2. The number of nitrogens with one attached hydrogen (secondary N) is 3. The van der Waals surface area contributed by atoms with Crippen LogP contribution in [0.4, 0.5) is 16.2 Å². The fourth-order valence-electron chi connectivity index (χ4n) is 2.86. The molecule has 0 saturated carbocycles. The zero-order valence-electron chi connectivity index (χ0n) is 16.4. The third-order valence-electron chi connectivity index (χ3n) is 4.39. The molecule has 0 saturated heterocycles. The van der Waals surface area contributed by atoms with E-state index in [0.717, 1.165) is 0 Å². The Balaban J connectivity index is 1.46. The zero-order valence-corrected chi connectivity index (χ0v) is 17.2. The van der Waals surface area contributed by atoms with Gasteiger partial charge in [0.05, 0.1) is 29.1 Å². The van der Waals surface area contributed by atoms with Gasteiger partial charge in [-0.2, -0.15) is 5.10 Å². The Hall–Kier alpha value is -4.16. The van der Waals surface area contributed by atoms with Crippen LogP contribution < -0.4 is 25.9 Å². The second-order valence-corrected chi connectivity index (χ2v) is 8.19. The number of furan rings is 1. The molecule has 2 heterocycles. The molecule has 2 aromatic carbocycles. The highest BCUT2D eigenvalue weighted by Crippen LogP contribution is 2.28. The fourth-order valence-corrected chi connectivity index (χ4v) is 3.38. The number of hydrogen-bond acceptors (Lipinski definition) is 8. The van der Waals surface area contributed by atoms with E-state index in [1.165, 1.54) is 42.7 Å². The van der Waals surface area contributed by atoms with Crippen molar-refractivity contribution in [2.24, 2.45) is 10.2 Å². The van der Waals surface area contributed by atoms with Crippen LogP contribution in [0.25, 0.3) is 0 Å². The minimum absolute atomic E-state index is 0.0493. The van der Waals surface area contributed by atoms with Crippen molar-refractivity contribution in [3.63, 3.8) is 0 Å². The predicted octanol–water partition coefficient (Wildman–Crippen LogP) is 1.98. The highest BCUT2D eigenvalue weighted by Gasteiger charge is 2.27. The predicted molar refractivity (Wildman–Crippen MR) is 115 cm³/mol. The standard InChI is InChI=1S/C20H17N5O6S/c21-32(28,29)15-6-3-12(4-7-15)24-25-18-16-10-13(5-8-17(16)23-19(18)26)31-20(27)22-11-14-2-1-9-30-14/h1-10,24H,11H2,(H,22,27)(H2,21,28,29)(H,23,25,26). The Morgan fingerprint density at radius 3 is 2.62 bits per heavy atom. The van der Waals surface area contributed by atoms with Crippen LogP contribution >= 0.6 is 0 Å². The number of nitrogens with zero attached hydrogens (tertiary/aromatic N) is 1. The third kappa shape index (κ3) is 4.77. The van der Waals surface area contributed by atoms with Crippen LogP contribution in [0.2, 0.25) is 0 Å². The number of amides is 2. The van der Waals surface area contributed by atoms with Crippen molar-refractivity contribution in [2.45, 2.75) is 11.4 Å². The van der Waals surface area contributed by atoms with E-state index in [4.69, 9.17) is 14.3 Å². The molecule has 0 fully saturated rings. The van der Waals surface area contributed by atoms with Gasteiger partial charge in [-0.15, -0.1) is 0 Å². The van der Waals surface area contributed by atoms with E-state index < -0.39 is 22.0 Å². The van der Waals surface area contributed by atoms with Crippen molar-refractivity contribution in [3.8, 4) is 5.75 Å². The molecule has 0 radical (unpaired) electrons. The van der Waals surface area contributed by atoms with Gasteiger partial charge in [-0.1, -0.05) is 0 Å². The molecule has 2 amide bonds. The lowest BCUT2D eigenvalue weighted by atomic mass is 10.1. The second kappa shape index (κ2) is 8.53. The topological polar surface area (TPSA) is 165 Å². The van der Waals surface area contributed by atoms with E-state index in [-0.39, 0.29) is 22.9 Å². The van der Waals surface area contributed by atoms with Gasteiger partial charge in [0, 0.05) is 5.56 Å². The number of rotatable bonds is 6. The molecule has 0 bridgehead atoms. The third-order valence-corrected chi connectivity index (χ3v) is 5.32. The Bertz CT molecular complexity index is 1300. The van der Waals surface area contributed by atoms with E-state index in [2.05, 4.69) is 21.2 Å². The van der Waals surface area contributed by atoms with E-state index >= 15 is 0 Å². The first-order chi connectivity index (χ1) is 15.3. The molecule has 32 heavy (non-hydrogen) atoms. The highest BCUT2D eigenvalue weighted by molar-refractivity contribution is 7.89. The summed E-state index contributed by atoms with van der Waals surface area (Å²) in [6, 6.07) is 13.6. The van der Waals surface area contributed by atoms with Crippen LogP contribution in [0.15, 0.2) is 75.3 Å². The summed E-state index contributed by atoms with van der Waals surface area (Å²) in [4.78, 5) is 24.3. The summed E-state index contributed by atoms with van der Waals surface area (Å²) in [6.07, 6.45) is 0.807. The molecular weight excluding hydrogens is 438 g/mol. The van der Waals surface area contributed by atoms with E-state index in [0.29, 0.717) is 22.7 Å². The van der Waals surface area contributed by atoms with Gasteiger partial charge in [0.15, 0.2) is 5.71 Å². The first kappa shape index (κ1) is 21.1. The number of primary sulfonamides is 1. The van der Waals surface area contributed by atoms with Gasteiger partial charge in [0.2, 0.25) is 10.0 Å². The summed E-state index contributed by atoms with van der Waals surface area (Å²) >= 11 is 0. The van der Waals surface area contributed by atoms with Crippen molar-refractivity contribution in [3.05, 3.63) is 72.2 Å². The molecule has 164 valence electrons. The van der Waals surface area contributed by atoms with Crippen LogP contribution in [0.3, 0.4) is 0 Å². The number of fused-ring (bicyclic) bond motifs is 1. The van der Waals surface area contributed by atoms with E-state index in [1.807, 2.05) is 0 Å². The van der Waals surface area contributed by atoms with Gasteiger partial charge in [0.1, 0.15) is 11.5 Å². The number of nitrogens with two attached hydrogens (primary N) is 1. The lowest BCUT2D eigenvalue weighted by Crippen LogP contribution is -2.26. The van der Waals surface area contributed by atoms with Crippen molar-refractivity contribution in [2.75, 3.05) is 10.7 Å². The summed E-state index contributed by atoms with van der Waals surface area (Å²) in [7, 11) is -3.81. The Kier molecular flexibility index (Phi) is 5.62. The average Bonchev–Trinajstić information content (AvgIpc) is 3.37. The Labute approximate surface area is 182 Å². The van der Waals surface area contributed by atoms with Gasteiger partial charge in [-0.25, -0.2) is 18.4 Å². The zero-order chi connectivity index (χ0) is 22.7. The molecule has 0 unspecified atom stereocenters. The van der Waals surface area contributed by atoms with Crippen LogP contribution in [-0.2, 0) is 21.4 Å². The number of carbonyl (C=O) groups is 2. The van der Waals surface area contributed by atoms with Crippen LogP contribution in [0.5, 0.6) is 5.75 Å². The molecular formula is C20H17N5O6S. The van der Waals surface area contributed by atoms with Gasteiger partial charge >= 0.3 is 6.09 Å². The quantitative estimate of drug-likeness (QED) is 0.413. The largest absolute Gasteiger partial charge is 0.467 e. The summed E-state index contributed by atoms with van der Waals surface area (Å²) in [5.41, 5.74) is 4.13. The first-order valence-corrected chi connectivity index (χ1v) is 10.7. The van der Waals surface area contributed by atoms with Gasteiger partial charge in [-0.05, 0) is 54.6 Å². The monoisotopic (exact) mass is 455 g/mol. The van der Waals surface area contributed by atoms with E-state index in [9.17, 15) is 18.0 Å². The van der Waals surface area contributed by atoms with Gasteiger partial charge in [0.25, 0.3) is 5.91 Å². The van der Waals surface area contributed by atoms with Crippen molar-refractivity contribution >= 4 is 39.1 Å². The summed E-state index contributed by atoms with van der Waals surface area (Å²) in [6.45, 7) is 0.164. The molecule has 1 aliphatic rings. The number of hydrazone groups is 1. The number of ether oxygens (including phenoxy) is 1. The van der Waals surface area contributed by atoms with E-state index in [1.54, 1.807) is 18.2 Å². The number of sulfonamides is 1. The summed E-state index contributed by atoms with van der Waals surface area (Å²) in [5.74, 6) is 0.332. The molecule has 1 aliphatic heterocycles. The maximum atomic E-state index is 12.3. The first-order valence-electron chi connectivity index (χ1n) is 9.20. The average molecular weight is 455 g/mol. The maximum Gasteiger partial charge on any atom is 0.412 e.